The molecule has 0 saturated carbocycles. The number of rotatable bonds is 5. The molecule has 3 saturated heterocycles. The Kier molecular flexibility index (Phi) is 6.49. The molecule has 0 radical (unpaired) electrons. The summed E-state index contributed by atoms with van der Waals surface area (Å²) in [5.41, 5.74) is 3.02. The second-order valence-corrected chi connectivity index (χ2v) is 9.24. The van der Waals surface area contributed by atoms with Gasteiger partial charge in [-0.05, 0) is 69.1 Å². The molecular weight excluding hydrogens is 396 g/mol. The Morgan fingerprint density at radius 3 is 2.26 bits per heavy atom. The van der Waals surface area contributed by atoms with E-state index in [1.807, 2.05) is 25.8 Å². The first-order chi connectivity index (χ1) is 14.9. The highest BCUT2D eigenvalue weighted by molar-refractivity contribution is 6.17. The third-order valence-electron chi connectivity index (χ3n) is 7.17. The van der Waals surface area contributed by atoms with Crippen LogP contribution in [0.15, 0.2) is 12.1 Å². The van der Waals surface area contributed by atoms with E-state index in [2.05, 4.69) is 12.1 Å². The van der Waals surface area contributed by atoms with E-state index in [4.69, 9.17) is 14.4 Å². The predicted octanol–water partition coefficient (Wildman–Crippen LogP) is 2.86. The SMILES string of the molecule is CON1CCC2(CC1)C(=O)C(c1c(C)cc(C)cc1C)C(=O)N2OCC1CCOCC1. The van der Waals surface area contributed by atoms with Crippen LogP contribution in [0.5, 0.6) is 0 Å². The van der Waals surface area contributed by atoms with Gasteiger partial charge in [0.2, 0.25) is 0 Å². The van der Waals surface area contributed by atoms with Crippen molar-refractivity contribution >= 4 is 11.7 Å². The Labute approximate surface area is 184 Å². The predicted molar refractivity (Wildman–Crippen MR) is 115 cm³/mol. The molecule has 0 N–H and O–H groups in total. The molecule has 3 fully saturated rings. The lowest BCUT2D eigenvalue weighted by Gasteiger charge is -2.41. The van der Waals surface area contributed by atoms with Crippen LogP contribution >= 0.6 is 0 Å². The lowest BCUT2D eigenvalue weighted by atomic mass is 9.79. The van der Waals surface area contributed by atoms with E-state index in [1.165, 1.54) is 5.06 Å². The summed E-state index contributed by atoms with van der Waals surface area (Å²) in [5.74, 6) is -0.715. The van der Waals surface area contributed by atoms with Gasteiger partial charge in [0.25, 0.3) is 5.91 Å². The highest BCUT2D eigenvalue weighted by Crippen LogP contribution is 2.45. The van der Waals surface area contributed by atoms with Gasteiger partial charge in [0.05, 0.1) is 13.7 Å². The second kappa shape index (κ2) is 8.98. The molecular formula is C24H34N2O5. The quantitative estimate of drug-likeness (QED) is 0.669. The van der Waals surface area contributed by atoms with Gasteiger partial charge in [-0.1, -0.05) is 17.7 Å². The van der Waals surface area contributed by atoms with Gasteiger partial charge >= 0.3 is 0 Å². The van der Waals surface area contributed by atoms with Crippen LogP contribution in [-0.4, -0.2) is 67.4 Å². The number of hydrogen-bond acceptors (Lipinski definition) is 6. The van der Waals surface area contributed by atoms with Crippen molar-refractivity contribution in [2.24, 2.45) is 5.92 Å². The van der Waals surface area contributed by atoms with Crippen LogP contribution in [0.1, 0.15) is 53.9 Å². The highest BCUT2D eigenvalue weighted by Gasteiger charge is 2.61. The van der Waals surface area contributed by atoms with Crippen LogP contribution in [0.4, 0.5) is 0 Å². The van der Waals surface area contributed by atoms with Gasteiger partial charge in [-0.3, -0.25) is 14.4 Å². The molecule has 1 unspecified atom stereocenters. The average molecular weight is 431 g/mol. The molecule has 1 atom stereocenters. The minimum absolute atomic E-state index is 0.0321. The van der Waals surface area contributed by atoms with Crippen LogP contribution in [-0.2, 0) is 24.0 Å². The zero-order valence-electron chi connectivity index (χ0n) is 19.1. The fourth-order valence-corrected chi connectivity index (χ4v) is 5.48. The van der Waals surface area contributed by atoms with Crippen LogP contribution in [0.2, 0.25) is 0 Å². The van der Waals surface area contributed by atoms with E-state index >= 15 is 0 Å². The minimum atomic E-state index is -0.925. The average Bonchev–Trinajstić information content (AvgIpc) is 2.94. The van der Waals surface area contributed by atoms with Crippen molar-refractivity contribution in [3.05, 3.63) is 34.4 Å². The molecule has 7 heteroatoms. The summed E-state index contributed by atoms with van der Waals surface area (Å²) in [7, 11) is 1.64. The summed E-state index contributed by atoms with van der Waals surface area (Å²) < 4.78 is 5.44. The number of hydrogen-bond donors (Lipinski definition) is 0. The maximum absolute atomic E-state index is 13.9. The first kappa shape index (κ1) is 22.4. The number of ether oxygens (including phenoxy) is 1. The maximum atomic E-state index is 13.9. The number of piperidine rings is 1. The zero-order chi connectivity index (χ0) is 22.2. The lowest BCUT2D eigenvalue weighted by Crippen LogP contribution is -2.56. The summed E-state index contributed by atoms with van der Waals surface area (Å²) >= 11 is 0. The first-order valence-electron chi connectivity index (χ1n) is 11.3. The molecule has 0 aliphatic carbocycles. The molecule has 31 heavy (non-hydrogen) atoms. The number of ketones is 1. The van der Waals surface area contributed by atoms with Gasteiger partial charge in [-0.25, -0.2) is 5.06 Å². The number of hydroxylamine groups is 4. The van der Waals surface area contributed by atoms with E-state index in [1.54, 1.807) is 7.11 Å². The number of carbonyl (C=O) groups excluding carboxylic acids is 2. The van der Waals surface area contributed by atoms with Crippen LogP contribution < -0.4 is 0 Å². The molecule has 1 amide bonds. The molecule has 1 aromatic carbocycles. The van der Waals surface area contributed by atoms with E-state index < -0.39 is 11.5 Å². The van der Waals surface area contributed by atoms with E-state index in [9.17, 15) is 9.59 Å². The minimum Gasteiger partial charge on any atom is -0.381 e. The summed E-state index contributed by atoms with van der Waals surface area (Å²) in [6.07, 6.45) is 2.86. The Hall–Kier alpha value is -1.80. The molecule has 3 aliphatic heterocycles. The summed E-state index contributed by atoms with van der Waals surface area (Å²) in [5, 5.41) is 3.30. The summed E-state index contributed by atoms with van der Waals surface area (Å²) in [6, 6.07) is 4.10. The Bertz CT molecular complexity index is 817. The molecule has 170 valence electrons. The number of carbonyl (C=O) groups is 2. The van der Waals surface area contributed by atoms with Crippen LogP contribution in [0.25, 0.3) is 0 Å². The molecule has 3 aliphatic rings. The largest absolute Gasteiger partial charge is 0.381 e. The van der Waals surface area contributed by atoms with Gasteiger partial charge in [0, 0.05) is 26.3 Å². The van der Waals surface area contributed by atoms with Crippen LogP contribution in [0, 0.1) is 26.7 Å². The third-order valence-corrected chi connectivity index (χ3v) is 7.17. The van der Waals surface area contributed by atoms with Crippen molar-refractivity contribution in [2.45, 2.75) is 57.9 Å². The second-order valence-electron chi connectivity index (χ2n) is 9.24. The van der Waals surface area contributed by atoms with Crippen molar-refractivity contribution in [1.29, 1.82) is 0 Å². The van der Waals surface area contributed by atoms with Crippen molar-refractivity contribution in [2.75, 3.05) is 40.0 Å². The van der Waals surface area contributed by atoms with E-state index in [-0.39, 0.29) is 11.7 Å². The fraction of sp³-hybridized carbons (Fsp3) is 0.667. The summed E-state index contributed by atoms with van der Waals surface area (Å²) in [6.45, 7) is 9.07. The van der Waals surface area contributed by atoms with Crippen molar-refractivity contribution < 1.29 is 24.0 Å². The molecule has 4 rings (SSSR count). The third kappa shape index (κ3) is 4.04. The normalized spacial score (nSPS) is 25.0. The van der Waals surface area contributed by atoms with Gasteiger partial charge in [-0.2, -0.15) is 5.06 Å². The highest BCUT2D eigenvalue weighted by atomic mass is 16.7. The molecule has 3 heterocycles. The molecule has 7 nitrogen and oxygen atoms in total. The van der Waals surface area contributed by atoms with Crippen molar-refractivity contribution in [1.82, 2.24) is 10.1 Å². The fourth-order valence-electron chi connectivity index (χ4n) is 5.48. The number of benzene rings is 1. The Balaban J connectivity index is 1.66. The maximum Gasteiger partial charge on any atom is 0.262 e. The first-order valence-corrected chi connectivity index (χ1v) is 11.3. The number of Topliss-reactive ketones (excluding diaryl/α,β-unsaturated/α-hetero) is 1. The standard InChI is InChI=1S/C24H34N2O5/c1-16-13-17(2)20(18(3)14-16)21-22(27)24(7-9-25(29-4)10-8-24)26(23(21)28)31-15-19-5-11-30-12-6-19/h13-14,19,21H,5-12,15H2,1-4H3. The van der Waals surface area contributed by atoms with Gasteiger partial charge in [0.15, 0.2) is 5.78 Å². The molecule has 1 aromatic rings. The van der Waals surface area contributed by atoms with Crippen LogP contribution in [0.3, 0.4) is 0 Å². The topological polar surface area (TPSA) is 68.3 Å². The number of nitrogens with zero attached hydrogens (tertiary/aromatic N) is 2. The van der Waals surface area contributed by atoms with Gasteiger partial charge in [0.1, 0.15) is 11.5 Å². The smallest absolute Gasteiger partial charge is 0.262 e. The monoisotopic (exact) mass is 430 g/mol. The lowest BCUT2D eigenvalue weighted by molar-refractivity contribution is -0.235. The van der Waals surface area contributed by atoms with E-state index in [0.29, 0.717) is 38.5 Å². The van der Waals surface area contributed by atoms with Crippen molar-refractivity contribution in [3.63, 3.8) is 0 Å². The Morgan fingerprint density at radius 1 is 1.06 bits per heavy atom. The Morgan fingerprint density at radius 2 is 1.68 bits per heavy atom. The molecule has 0 bridgehead atoms. The van der Waals surface area contributed by atoms with Gasteiger partial charge in [-0.15, -0.1) is 0 Å². The van der Waals surface area contributed by atoms with Gasteiger partial charge < -0.3 is 9.57 Å². The summed E-state index contributed by atoms with van der Waals surface area (Å²) in [4.78, 5) is 39.2. The molecule has 0 aromatic heterocycles. The molecule has 1 spiro atoms. The number of aryl methyl sites for hydroxylation is 3. The zero-order valence-corrected chi connectivity index (χ0v) is 19.1. The van der Waals surface area contributed by atoms with Crippen molar-refractivity contribution in [3.8, 4) is 0 Å². The number of amides is 1. The van der Waals surface area contributed by atoms with E-state index in [0.717, 1.165) is 48.3 Å².